The van der Waals surface area contributed by atoms with Crippen LogP contribution in [0.15, 0.2) is 11.9 Å². The Bertz CT molecular complexity index is 501. The summed E-state index contributed by atoms with van der Waals surface area (Å²) in [5.74, 6) is 6.36. The Balaban J connectivity index is 2.13. The lowest BCUT2D eigenvalue weighted by atomic mass is 9.83. The van der Waals surface area contributed by atoms with E-state index in [4.69, 9.17) is 11.6 Å². The summed E-state index contributed by atoms with van der Waals surface area (Å²) in [7, 11) is 1.60. The van der Waals surface area contributed by atoms with Gasteiger partial charge in [-0.25, -0.2) is 5.84 Å². The summed E-state index contributed by atoms with van der Waals surface area (Å²) in [5, 5.41) is 4.09. The number of carbonyl (C=O) groups is 2. The zero-order valence-corrected chi connectivity index (χ0v) is 15.0. The minimum absolute atomic E-state index is 0.0129. The Morgan fingerprint density at radius 1 is 1.25 bits per heavy atom. The summed E-state index contributed by atoms with van der Waals surface area (Å²) >= 11 is 0. The van der Waals surface area contributed by atoms with Gasteiger partial charge in [0.1, 0.15) is 12.1 Å². The monoisotopic (exact) mass is 337 g/mol. The standard InChI is InChI=1S/C17H31N5O2/c1-11(2)15(22(19)10-13(18)12-6-4-7-12)17(24)21-9-5-8-14(21)16(23)20-3/h10-12,14-15H,4-9,18-19H2,1-3H3,(H,20,23)/b13-10-. The molecule has 1 aliphatic heterocycles. The van der Waals surface area contributed by atoms with Crippen LogP contribution in [0.1, 0.15) is 46.0 Å². The number of carbonyl (C=O) groups excluding carboxylic acids is 2. The van der Waals surface area contributed by atoms with Gasteiger partial charge in [0, 0.05) is 25.5 Å². The van der Waals surface area contributed by atoms with Gasteiger partial charge >= 0.3 is 0 Å². The van der Waals surface area contributed by atoms with Crippen LogP contribution in [0.25, 0.3) is 0 Å². The van der Waals surface area contributed by atoms with Crippen LogP contribution >= 0.6 is 0 Å². The van der Waals surface area contributed by atoms with Gasteiger partial charge in [-0.2, -0.15) is 0 Å². The van der Waals surface area contributed by atoms with Crippen molar-refractivity contribution in [3.8, 4) is 0 Å². The van der Waals surface area contributed by atoms with Crippen molar-refractivity contribution < 1.29 is 9.59 Å². The van der Waals surface area contributed by atoms with Crippen molar-refractivity contribution in [3.63, 3.8) is 0 Å². The molecule has 7 nitrogen and oxygen atoms in total. The van der Waals surface area contributed by atoms with Crippen molar-refractivity contribution in [3.05, 3.63) is 11.9 Å². The zero-order valence-electron chi connectivity index (χ0n) is 15.0. The van der Waals surface area contributed by atoms with Gasteiger partial charge in [-0.1, -0.05) is 20.3 Å². The molecule has 2 unspecified atom stereocenters. The zero-order chi connectivity index (χ0) is 17.9. The first-order valence-electron chi connectivity index (χ1n) is 8.89. The second kappa shape index (κ2) is 7.88. The lowest BCUT2D eigenvalue weighted by Gasteiger charge is -2.35. The number of nitrogens with zero attached hydrogens (tertiary/aromatic N) is 2. The van der Waals surface area contributed by atoms with Crippen LogP contribution in [-0.2, 0) is 9.59 Å². The molecule has 0 bridgehead atoms. The Kier molecular flexibility index (Phi) is 6.10. The third-order valence-corrected chi connectivity index (χ3v) is 5.17. The molecule has 0 radical (unpaired) electrons. The smallest absolute Gasteiger partial charge is 0.247 e. The van der Waals surface area contributed by atoms with Crippen molar-refractivity contribution in [2.45, 2.75) is 58.0 Å². The van der Waals surface area contributed by atoms with Crippen molar-refractivity contribution in [2.24, 2.45) is 23.4 Å². The molecular formula is C17H31N5O2. The molecule has 24 heavy (non-hydrogen) atoms. The molecule has 1 heterocycles. The summed E-state index contributed by atoms with van der Waals surface area (Å²) in [6.45, 7) is 4.51. The summed E-state index contributed by atoms with van der Waals surface area (Å²) in [5.41, 5.74) is 6.86. The number of nitrogens with one attached hydrogen (secondary N) is 1. The number of likely N-dealkylation sites (N-methyl/N-ethyl adjacent to an activating group) is 1. The van der Waals surface area contributed by atoms with E-state index in [2.05, 4.69) is 5.32 Å². The summed E-state index contributed by atoms with van der Waals surface area (Å²) in [6.07, 6.45) is 6.60. The maximum absolute atomic E-state index is 13.0. The van der Waals surface area contributed by atoms with Crippen molar-refractivity contribution >= 4 is 11.8 Å². The number of allylic oxidation sites excluding steroid dienone is 1. The highest BCUT2D eigenvalue weighted by Gasteiger charge is 2.39. The quantitative estimate of drug-likeness (QED) is 0.484. The predicted molar refractivity (Wildman–Crippen MR) is 93.1 cm³/mol. The van der Waals surface area contributed by atoms with Gasteiger partial charge in [-0.3, -0.25) is 9.59 Å². The predicted octanol–water partition coefficient (Wildman–Crippen LogP) is 0.524. The average molecular weight is 337 g/mol. The highest BCUT2D eigenvalue weighted by atomic mass is 16.2. The number of amides is 2. The number of hydrogen-bond donors (Lipinski definition) is 3. The van der Waals surface area contributed by atoms with Gasteiger partial charge in [0.25, 0.3) is 0 Å². The summed E-state index contributed by atoms with van der Waals surface area (Å²) in [6, 6.07) is -0.918. The third kappa shape index (κ3) is 3.83. The Morgan fingerprint density at radius 3 is 2.42 bits per heavy atom. The van der Waals surface area contributed by atoms with Crippen LogP contribution in [0.2, 0.25) is 0 Å². The first kappa shape index (κ1) is 18.6. The molecule has 2 aliphatic rings. The highest BCUT2D eigenvalue weighted by molar-refractivity contribution is 5.90. The number of hydrazine groups is 1. The van der Waals surface area contributed by atoms with Crippen LogP contribution in [0, 0.1) is 11.8 Å². The fourth-order valence-corrected chi connectivity index (χ4v) is 3.50. The van der Waals surface area contributed by atoms with Gasteiger partial charge in [0.15, 0.2) is 0 Å². The van der Waals surface area contributed by atoms with Crippen LogP contribution in [0.3, 0.4) is 0 Å². The first-order valence-corrected chi connectivity index (χ1v) is 8.89. The molecule has 1 saturated carbocycles. The van der Waals surface area contributed by atoms with Gasteiger partial charge in [0.2, 0.25) is 11.8 Å². The van der Waals surface area contributed by atoms with Crippen LogP contribution in [0.5, 0.6) is 0 Å². The highest BCUT2D eigenvalue weighted by Crippen LogP contribution is 2.31. The minimum atomic E-state index is -0.520. The topological polar surface area (TPSA) is 105 Å². The van der Waals surface area contributed by atoms with Gasteiger partial charge < -0.3 is 21.0 Å². The molecule has 0 spiro atoms. The second-order valence-electron chi connectivity index (χ2n) is 7.20. The van der Waals surface area contributed by atoms with E-state index in [1.54, 1.807) is 18.1 Å². The van der Waals surface area contributed by atoms with Crippen LogP contribution in [0.4, 0.5) is 0 Å². The molecule has 2 fully saturated rings. The Hall–Kier alpha value is -1.76. The van der Waals surface area contributed by atoms with E-state index < -0.39 is 12.1 Å². The van der Waals surface area contributed by atoms with Crippen LogP contribution < -0.4 is 16.9 Å². The van der Waals surface area contributed by atoms with Crippen LogP contribution in [-0.4, -0.2) is 47.4 Å². The summed E-state index contributed by atoms with van der Waals surface area (Å²) < 4.78 is 0. The fraction of sp³-hybridized carbons (Fsp3) is 0.765. The van der Waals surface area contributed by atoms with Crippen molar-refractivity contribution in [1.82, 2.24) is 15.2 Å². The van der Waals surface area contributed by atoms with E-state index in [0.717, 1.165) is 25.0 Å². The van der Waals surface area contributed by atoms with Gasteiger partial charge in [-0.05, 0) is 37.5 Å². The third-order valence-electron chi connectivity index (χ3n) is 5.17. The lowest BCUT2D eigenvalue weighted by Crippen LogP contribution is -2.55. The number of likely N-dealkylation sites (tertiary alicyclic amines) is 1. The van der Waals surface area contributed by atoms with Gasteiger partial charge in [0.05, 0.1) is 0 Å². The maximum Gasteiger partial charge on any atom is 0.247 e. The molecule has 2 amide bonds. The molecule has 2 atom stereocenters. The van der Waals surface area contributed by atoms with E-state index in [-0.39, 0.29) is 17.7 Å². The normalized spacial score (nSPS) is 23.1. The minimum Gasteiger partial charge on any atom is -0.401 e. The average Bonchev–Trinajstić information content (AvgIpc) is 2.93. The van der Waals surface area contributed by atoms with E-state index in [9.17, 15) is 9.59 Å². The molecule has 5 N–H and O–H groups in total. The van der Waals surface area contributed by atoms with E-state index in [1.807, 2.05) is 13.8 Å². The largest absolute Gasteiger partial charge is 0.401 e. The molecule has 136 valence electrons. The molecule has 7 heteroatoms. The fourth-order valence-electron chi connectivity index (χ4n) is 3.50. The van der Waals surface area contributed by atoms with Crippen molar-refractivity contribution in [2.75, 3.05) is 13.6 Å². The summed E-state index contributed by atoms with van der Waals surface area (Å²) in [4.78, 5) is 26.7. The molecule has 0 aromatic rings. The molecule has 0 aromatic heterocycles. The SMILES string of the molecule is CNC(=O)C1CCCN1C(=O)C(C(C)C)N(N)/C=C(\N)C1CCC1. The van der Waals surface area contributed by atoms with E-state index >= 15 is 0 Å². The van der Waals surface area contributed by atoms with Crippen molar-refractivity contribution in [1.29, 1.82) is 0 Å². The first-order chi connectivity index (χ1) is 11.4. The van der Waals surface area contributed by atoms with E-state index in [1.165, 1.54) is 11.4 Å². The molecule has 0 aromatic carbocycles. The Labute approximate surface area is 144 Å². The van der Waals surface area contributed by atoms with Gasteiger partial charge in [-0.15, -0.1) is 0 Å². The Morgan fingerprint density at radius 2 is 1.92 bits per heavy atom. The number of hydrogen-bond acceptors (Lipinski definition) is 5. The molecular weight excluding hydrogens is 306 g/mol. The van der Waals surface area contributed by atoms with E-state index in [0.29, 0.717) is 18.9 Å². The second-order valence-corrected chi connectivity index (χ2v) is 7.20. The maximum atomic E-state index is 13.0. The molecule has 1 saturated heterocycles. The number of rotatable bonds is 6. The number of nitrogens with two attached hydrogens (primary N) is 2. The molecule has 2 rings (SSSR count). The molecule has 1 aliphatic carbocycles. The lowest BCUT2D eigenvalue weighted by molar-refractivity contribution is -0.143.